The molecule has 1 aliphatic heterocycles. The van der Waals surface area contributed by atoms with Crippen LogP contribution in [0.2, 0.25) is 0 Å². The molecule has 2 N–H and O–H groups in total. The van der Waals surface area contributed by atoms with Crippen LogP contribution in [0, 0.1) is 0 Å². The highest BCUT2D eigenvalue weighted by Crippen LogP contribution is 2.16. The maximum Gasteiger partial charge on any atom is 0.325 e. The summed E-state index contributed by atoms with van der Waals surface area (Å²) in [6.45, 7) is 0.0828. The van der Waals surface area contributed by atoms with Gasteiger partial charge >= 0.3 is 6.03 Å². The standard InChI is InChI=1S/C14H14N4O4S/c19-11(17-13-15-5-7-23-13)4-3-10-12(20)18(14(21)16-10)8-9-2-1-6-22-9/h1-2,5-7,10H,3-4,8H2,(H,16,21)(H,15,17,19). The molecule has 3 heterocycles. The van der Waals surface area contributed by atoms with Crippen molar-refractivity contribution in [1.29, 1.82) is 0 Å². The lowest BCUT2D eigenvalue weighted by Crippen LogP contribution is -2.31. The summed E-state index contributed by atoms with van der Waals surface area (Å²) in [5.74, 6) is -0.0735. The van der Waals surface area contributed by atoms with Crippen LogP contribution in [0.15, 0.2) is 34.4 Å². The minimum Gasteiger partial charge on any atom is -0.467 e. The fourth-order valence-electron chi connectivity index (χ4n) is 2.22. The smallest absolute Gasteiger partial charge is 0.325 e. The first kappa shape index (κ1) is 15.2. The molecule has 1 fully saturated rings. The number of aromatic nitrogens is 1. The summed E-state index contributed by atoms with van der Waals surface area (Å²) in [5.41, 5.74) is 0. The van der Waals surface area contributed by atoms with Crippen molar-refractivity contribution in [2.24, 2.45) is 0 Å². The normalized spacial score (nSPS) is 17.4. The first-order valence-corrected chi connectivity index (χ1v) is 7.85. The Morgan fingerprint density at radius 3 is 3.04 bits per heavy atom. The van der Waals surface area contributed by atoms with E-state index in [1.165, 1.54) is 17.6 Å². The summed E-state index contributed by atoms with van der Waals surface area (Å²) >= 11 is 1.31. The molecule has 1 aliphatic rings. The van der Waals surface area contributed by atoms with Crippen LogP contribution in [0.1, 0.15) is 18.6 Å². The molecule has 0 bridgehead atoms. The molecule has 2 aromatic heterocycles. The minimum atomic E-state index is -0.695. The number of hydrogen-bond donors (Lipinski definition) is 2. The second-order valence-electron chi connectivity index (χ2n) is 4.93. The molecule has 8 nitrogen and oxygen atoms in total. The highest BCUT2D eigenvalue weighted by molar-refractivity contribution is 7.13. The van der Waals surface area contributed by atoms with Gasteiger partial charge in [0.1, 0.15) is 11.8 Å². The van der Waals surface area contributed by atoms with E-state index in [0.29, 0.717) is 10.9 Å². The van der Waals surface area contributed by atoms with Gasteiger partial charge in [-0.25, -0.2) is 9.78 Å². The molecule has 3 rings (SSSR count). The number of anilines is 1. The van der Waals surface area contributed by atoms with Crippen molar-refractivity contribution in [3.63, 3.8) is 0 Å². The first-order valence-electron chi connectivity index (χ1n) is 6.97. The van der Waals surface area contributed by atoms with Crippen LogP contribution in [0.3, 0.4) is 0 Å². The van der Waals surface area contributed by atoms with Crippen LogP contribution < -0.4 is 10.6 Å². The Kier molecular flexibility index (Phi) is 4.38. The molecule has 23 heavy (non-hydrogen) atoms. The number of amides is 4. The third-order valence-electron chi connectivity index (χ3n) is 3.34. The Labute approximate surface area is 135 Å². The molecule has 1 atom stereocenters. The van der Waals surface area contributed by atoms with Crippen molar-refractivity contribution in [3.05, 3.63) is 35.7 Å². The van der Waals surface area contributed by atoms with E-state index in [9.17, 15) is 14.4 Å². The number of nitrogens with one attached hydrogen (secondary N) is 2. The van der Waals surface area contributed by atoms with Gasteiger partial charge in [-0.15, -0.1) is 11.3 Å². The number of imide groups is 1. The third kappa shape index (κ3) is 3.57. The Bertz CT molecular complexity index is 698. The van der Waals surface area contributed by atoms with Gasteiger partial charge in [0.15, 0.2) is 5.13 Å². The maximum absolute atomic E-state index is 12.2. The Balaban J connectivity index is 1.52. The van der Waals surface area contributed by atoms with E-state index in [1.54, 1.807) is 23.7 Å². The van der Waals surface area contributed by atoms with E-state index < -0.39 is 12.1 Å². The largest absolute Gasteiger partial charge is 0.467 e. The predicted octanol–water partition coefficient (Wildman–Crippen LogP) is 1.58. The quantitative estimate of drug-likeness (QED) is 0.780. The van der Waals surface area contributed by atoms with Gasteiger partial charge in [0.25, 0.3) is 5.91 Å². The molecule has 1 unspecified atom stereocenters. The summed E-state index contributed by atoms with van der Waals surface area (Å²) in [6, 6.07) is 2.21. The van der Waals surface area contributed by atoms with Crippen molar-refractivity contribution in [1.82, 2.24) is 15.2 Å². The number of thiazole rings is 1. The number of rotatable bonds is 6. The molecule has 0 aromatic carbocycles. The highest BCUT2D eigenvalue weighted by atomic mass is 32.1. The van der Waals surface area contributed by atoms with Gasteiger partial charge in [-0.2, -0.15) is 0 Å². The Hall–Kier alpha value is -2.68. The van der Waals surface area contributed by atoms with Crippen LogP contribution >= 0.6 is 11.3 Å². The second-order valence-corrected chi connectivity index (χ2v) is 5.82. The SMILES string of the molecule is O=C(CCC1NC(=O)N(Cc2ccco2)C1=O)Nc1nccs1. The van der Waals surface area contributed by atoms with Crippen LogP contribution in [-0.4, -0.2) is 33.8 Å². The summed E-state index contributed by atoms with van der Waals surface area (Å²) in [5, 5.41) is 7.48. The molecule has 9 heteroatoms. The number of carbonyl (C=O) groups excluding carboxylic acids is 3. The summed E-state index contributed by atoms with van der Waals surface area (Å²) in [6.07, 6.45) is 3.42. The van der Waals surface area contributed by atoms with Crippen LogP contribution in [0.25, 0.3) is 0 Å². The van der Waals surface area contributed by atoms with Crippen molar-refractivity contribution in [2.45, 2.75) is 25.4 Å². The van der Waals surface area contributed by atoms with Crippen LogP contribution in [-0.2, 0) is 16.1 Å². The molecule has 0 aliphatic carbocycles. The first-order chi connectivity index (χ1) is 11.1. The number of carbonyl (C=O) groups is 3. The molecule has 0 saturated carbocycles. The van der Waals surface area contributed by atoms with Gasteiger partial charge in [0.2, 0.25) is 5.91 Å². The average Bonchev–Trinajstić information content (AvgIpc) is 3.25. The zero-order valence-electron chi connectivity index (χ0n) is 12.0. The zero-order chi connectivity index (χ0) is 16.2. The average molecular weight is 334 g/mol. The summed E-state index contributed by atoms with van der Waals surface area (Å²) < 4.78 is 5.14. The fourth-order valence-corrected chi connectivity index (χ4v) is 2.77. The van der Waals surface area contributed by atoms with Crippen LogP contribution in [0.4, 0.5) is 9.93 Å². The highest BCUT2D eigenvalue weighted by Gasteiger charge is 2.38. The van der Waals surface area contributed by atoms with E-state index in [1.807, 2.05) is 0 Å². The van der Waals surface area contributed by atoms with Crippen LogP contribution in [0.5, 0.6) is 0 Å². The van der Waals surface area contributed by atoms with E-state index in [0.717, 1.165) is 4.90 Å². The third-order valence-corrected chi connectivity index (χ3v) is 4.03. The molecule has 2 aromatic rings. The maximum atomic E-state index is 12.2. The molecule has 1 saturated heterocycles. The lowest BCUT2D eigenvalue weighted by atomic mass is 10.1. The van der Waals surface area contributed by atoms with Crippen molar-refractivity contribution >= 4 is 34.3 Å². The van der Waals surface area contributed by atoms with Gasteiger partial charge < -0.3 is 15.1 Å². The van der Waals surface area contributed by atoms with E-state index in [-0.39, 0.29) is 31.2 Å². The van der Waals surface area contributed by atoms with Gasteiger partial charge in [0, 0.05) is 18.0 Å². The van der Waals surface area contributed by atoms with Crippen molar-refractivity contribution < 1.29 is 18.8 Å². The minimum absolute atomic E-state index is 0.0828. The lowest BCUT2D eigenvalue weighted by Gasteiger charge is -2.11. The Morgan fingerprint density at radius 2 is 2.35 bits per heavy atom. The fraction of sp³-hybridized carbons (Fsp3) is 0.286. The lowest BCUT2D eigenvalue weighted by molar-refractivity contribution is -0.128. The summed E-state index contributed by atoms with van der Waals surface area (Å²) in [4.78, 5) is 40.9. The number of nitrogens with zero attached hydrogens (tertiary/aromatic N) is 2. The van der Waals surface area contributed by atoms with E-state index in [4.69, 9.17) is 4.42 Å². The second kappa shape index (κ2) is 6.61. The Morgan fingerprint density at radius 1 is 1.48 bits per heavy atom. The summed E-state index contributed by atoms with van der Waals surface area (Å²) in [7, 11) is 0. The van der Waals surface area contributed by atoms with Crippen molar-refractivity contribution in [2.75, 3.05) is 5.32 Å². The van der Waals surface area contributed by atoms with Gasteiger partial charge in [-0.05, 0) is 18.6 Å². The van der Waals surface area contributed by atoms with Crippen molar-refractivity contribution in [3.8, 4) is 0 Å². The predicted molar refractivity (Wildman–Crippen MR) is 81.6 cm³/mol. The molecule has 0 radical (unpaired) electrons. The molecular formula is C14H14N4O4S. The molecule has 4 amide bonds. The number of furan rings is 1. The molecular weight excluding hydrogens is 320 g/mol. The van der Waals surface area contributed by atoms with E-state index >= 15 is 0 Å². The number of hydrogen-bond acceptors (Lipinski definition) is 6. The van der Waals surface area contributed by atoms with E-state index in [2.05, 4.69) is 15.6 Å². The zero-order valence-corrected chi connectivity index (χ0v) is 12.8. The monoisotopic (exact) mass is 334 g/mol. The van der Waals surface area contributed by atoms with Gasteiger partial charge in [-0.3, -0.25) is 14.5 Å². The molecule has 0 spiro atoms. The topological polar surface area (TPSA) is 105 Å². The molecule has 120 valence electrons. The van der Waals surface area contributed by atoms with Gasteiger partial charge in [-0.1, -0.05) is 0 Å². The van der Waals surface area contributed by atoms with Gasteiger partial charge in [0.05, 0.1) is 12.8 Å². The number of urea groups is 1.